The highest BCUT2D eigenvalue weighted by molar-refractivity contribution is 8.76. The lowest BCUT2D eigenvalue weighted by Gasteiger charge is -2.33. The van der Waals surface area contributed by atoms with Crippen molar-refractivity contribution in [1.29, 1.82) is 0 Å². The van der Waals surface area contributed by atoms with E-state index in [0.29, 0.717) is 79.9 Å². The number of hydrogen-bond donors (Lipinski definition) is 15. The van der Waals surface area contributed by atoms with Gasteiger partial charge in [-0.15, -0.1) is 0 Å². The Hall–Kier alpha value is -11.4. The molecule has 2 aliphatic heterocycles. The SMILES string of the molecule is CC[C@@H]1c2cc3[nH]c4c(c3C)C(=O)C(C(=O)OC)c4c3nc(cc4[nH]c(cc(n2)[C@H]1C)c(C(C)=O)c4C)[C@H](C)[C@H]3CCC(=O)NCCC[C@@H](C(=O)NCCNC(=O)OCCSSC[C@H](NC(=O)[C@H](CC(=O)NCCS(=O)(=O)O)NC(=O)CC[C@H](NC(=O)c1ccc(NCc2cnc3nc(N)[nH]c(=O)c3n2)cc1)C(=O)O)C(=O)O)[N+](C)(C)C. The zero-order valence-corrected chi connectivity index (χ0v) is 68.6. The molecule has 16 N–H and O–H groups in total. The molecule has 6 aromatic rings. The fraction of sp³-hybridized carbons (Fsp3) is 0.474. The molecule has 1 aromatic carbocycles. The lowest BCUT2D eigenvalue weighted by Crippen LogP contribution is -2.54. The number of Topliss-reactive ketones (excluding diaryl/α,β-unsaturated/α-hetero) is 2. The molecule has 5 aromatic heterocycles. The number of carbonyl (C=O) groups is 12. The number of methoxy groups -OCH3 is 1. The molecule has 9 atom stereocenters. The second-order valence-corrected chi connectivity index (χ2v) is 33.7. The highest BCUT2D eigenvalue weighted by Crippen LogP contribution is 2.49. The van der Waals surface area contributed by atoms with Crippen molar-refractivity contribution in [2.24, 2.45) is 0 Å². The smallest absolute Gasteiger partial charge is 0.407 e. The molecule has 0 radical (unpaired) electrons. The summed E-state index contributed by atoms with van der Waals surface area (Å²) in [5.74, 6) is -12.3. The number of alkyl carbamates (subject to hydrolysis) is 1. The number of fused-ring (bicyclic) bond motifs is 9. The number of likely N-dealkylation sites (N-methyl/N-ethyl adjacent to an activating group) is 1. The number of amides is 7. The summed E-state index contributed by atoms with van der Waals surface area (Å²) in [4.78, 5) is 204. The van der Waals surface area contributed by atoms with E-state index in [4.69, 9.17) is 29.7 Å². The number of H-pyrrole nitrogens is 3. The van der Waals surface area contributed by atoms with E-state index in [-0.39, 0.29) is 120 Å². The van der Waals surface area contributed by atoms with Crippen LogP contribution >= 0.6 is 21.6 Å². The van der Waals surface area contributed by atoms with Crippen LogP contribution in [0.4, 0.5) is 16.4 Å². The second kappa shape index (κ2) is 39.5. The minimum absolute atomic E-state index is 0.00967. The average Bonchev–Trinajstić information content (AvgIpc) is 1.56. The third-order valence-electron chi connectivity index (χ3n) is 20.4. The number of carboxylic acids is 2. The van der Waals surface area contributed by atoms with Crippen LogP contribution in [0.5, 0.6) is 0 Å². The number of nitrogen functional groups attached to an aromatic ring is 1. The van der Waals surface area contributed by atoms with Gasteiger partial charge in [0.05, 0.1) is 75.6 Å². The van der Waals surface area contributed by atoms with Crippen LogP contribution in [0.15, 0.2) is 53.5 Å². The number of aromatic nitrogens is 8. The van der Waals surface area contributed by atoms with Gasteiger partial charge in [-0.05, 0) is 100 Å². The number of quaternary nitrogens is 1. The van der Waals surface area contributed by atoms with Crippen LogP contribution < -0.4 is 53.8 Å². The average molecular weight is 1680 g/mol. The Labute approximate surface area is 679 Å². The molecule has 41 heteroatoms. The maximum Gasteiger partial charge on any atom is 0.407 e. The molecule has 0 saturated heterocycles. The number of rotatable bonds is 39. The second-order valence-electron chi connectivity index (χ2n) is 29.5. The maximum absolute atomic E-state index is 14.6. The molecule has 117 heavy (non-hydrogen) atoms. The molecule has 7 amide bonds. The van der Waals surface area contributed by atoms with Gasteiger partial charge in [-0.1, -0.05) is 42.4 Å². The topological polar surface area (TPSA) is 569 Å². The summed E-state index contributed by atoms with van der Waals surface area (Å²) >= 11 is 0. The number of carbonyl (C=O) groups excluding carboxylic acids is 10. The summed E-state index contributed by atoms with van der Waals surface area (Å²) in [7, 11) is 4.26. The number of nitrogens with two attached hydrogens (primary N) is 1. The van der Waals surface area contributed by atoms with E-state index in [1.165, 1.54) is 44.5 Å². The first-order valence-corrected chi connectivity index (χ1v) is 41.8. The number of aryl methyl sites for hydroxylation is 2. The van der Waals surface area contributed by atoms with Gasteiger partial charge < -0.3 is 82.4 Å². The van der Waals surface area contributed by atoms with Crippen molar-refractivity contribution in [2.45, 2.75) is 153 Å². The summed E-state index contributed by atoms with van der Waals surface area (Å²) in [5, 5.41) is 40.5. The zero-order valence-electron chi connectivity index (χ0n) is 66.1. The summed E-state index contributed by atoms with van der Waals surface area (Å²) in [6.07, 6.45) is 0.324. The predicted octanol–water partition coefficient (Wildman–Crippen LogP) is 4.08. The summed E-state index contributed by atoms with van der Waals surface area (Å²) < 4.78 is 42.5. The van der Waals surface area contributed by atoms with Gasteiger partial charge in [0.15, 0.2) is 28.8 Å². The van der Waals surface area contributed by atoms with Gasteiger partial charge in [-0.25, -0.2) is 24.4 Å². The van der Waals surface area contributed by atoms with Crippen LogP contribution in [0, 0.1) is 13.8 Å². The van der Waals surface area contributed by atoms with Crippen molar-refractivity contribution in [2.75, 3.05) is 89.3 Å². The summed E-state index contributed by atoms with van der Waals surface area (Å²) in [6.45, 7) is 10.9. The van der Waals surface area contributed by atoms with E-state index in [1.54, 1.807) is 0 Å². The molecular weight excluding hydrogens is 1580 g/mol. The van der Waals surface area contributed by atoms with Crippen molar-refractivity contribution in [3.05, 3.63) is 121 Å². The number of carboxylic acid groups (broad SMARTS) is 2. The first-order valence-electron chi connectivity index (χ1n) is 37.7. The van der Waals surface area contributed by atoms with E-state index in [2.05, 4.69) is 86.3 Å². The Balaban J connectivity index is 0.714. The molecule has 7 heterocycles. The van der Waals surface area contributed by atoms with E-state index < -0.39 is 137 Å². The molecule has 0 spiro atoms. The molecular formula is C76H97N18O20S3+. The number of nitrogens with zero attached hydrogens (tertiary/aromatic N) is 6. The third-order valence-corrected chi connectivity index (χ3v) is 23.5. The first-order chi connectivity index (χ1) is 55.4. The van der Waals surface area contributed by atoms with Crippen molar-refractivity contribution in [1.82, 2.24) is 77.1 Å². The molecule has 38 nitrogen and oxygen atoms in total. The fourth-order valence-corrected chi connectivity index (χ4v) is 16.6. The van der Waals surface area contributed by atoms with E-state index in [1.807, 2.05) is 60.1 Å². The Morgan fingerprint density at radius 2 is 1.38 bits per heavy atom. The number of hydrogen-bond acceptors (Lipinski definition) is 26. The Morgan fingerprint density at radius 1 is 0.709 bits per heavy atom. The molecule has 1 aliphatic carbocycles. The number of ketones is 2. The predicted molar refractivity (Wildman–Crippen MR) is 433 cm³/mol. The number of aromatic amines is 3. The number of nitrogens with one attached hydrogen (secondary N) is 11. The quantitative estimate of drug-likeness (QED) is 0.00491. The summed E-state index contributed by atoms with van der Waals surface area (Å²) in [6, 6.07) is 5.83. The Morgan fingerprint density at radius 3 is 2.05 bits per heavy atom. The molecule has 1 unspecified atom stereocenters. The van der Waals surface area contributed by atoms with Crippen LogP contribution in [0.3, 0.4) is 0 Å². The van der Waals surface area contributed by atoms with Gasteiger partial charge in [0.1, 0.15) is 30.7 Å². The Bertz CT molecular complexity index is 5200. The normalized spacial score (nSPS) is 16.7. The van der Waals surface area contributed by atoms with Gasteiger partial charge in [0.2, 0.25) is 29.6 Å². The van der Waals surface area contributed by atoms with Gasteiger partial charge in [0, 0.05) is 137 Å². The van der Waals surface area contributed by atoms with Gasteiger partial charge in [0.25, 0.3) is 27.5 Å². The van der Waals surface area contributed by atoms with E-state index >= 15 is 0 Å². The van der Waals surface area contributed by atoms with Crippen LogP contribution in [-0.2, 0) is 64.5 Å². The van der Waals surface area contributed by atoms with Crippen LogP contribution in [0.25, 0.3) is 33.2 Å². The number of ether oxygens (including phenoxy) is 2. The monoisotopic (exact) mass is 1680 g/mol. The Kier molecular flexibility index (Phi) is 30.2. The first kappa shape index (κ1) is 89.5. The number of benzene rings is 1. The number of aliphatic carboxylic acids is 2. The maximum atomic E-state index is 14.6. The van der Waals surface area contributed by atoms with Gasteiger partial charge in [-0.3, -0.25) is 67.5 Å². The minimum Gasteiger partial charge on any atom is -0.480 e. The lowest BCUT2D eigenvalue weighted by molar-refractivity contribution is -0.886. The molecule has 9 rings (SSSR count). The molecule has 0 fully saturated rings. The van der Waals surface area contributed by atoms with Crippen molar-refractivity contribution < 1.29 is 94.7 Å². The molecule has 628 valence electrons. The zero-order chi connectivity index (χ0) is 85.5. The number of esters is 1. The largest absolute Gasteiger partial charge is 0.480 e. The van der Waals surface area contributed by atoms with Crippen molar-refractivity contribution in [3.8, 4) is 0 Å². The van der Waals surface area contributed by atoms with Crippen LogP contribution in [0.1, 0.15) is 185 Å². The molecule has 8 bridgehead atoms. The summed E-state index contributed by atoms with van der Waals surface area (Å²) in [5.41, 5.74) is 13.6. The van der Waals surface area contributed by atoms with Gasteiger partial charge >= 0.3 is 24.0 Å². The van der Waals surface area contributed by atoms with Crippen molar-refractivity contribution >= 4 is 148 Å². The van der Waals surface area contributed by atoms with Crippen LogP contribution in [-0.4, -0.2) is 241 Å². The van der Waals surface area contributed by atoms with Crippen LogP contribution in [0.2, 0.25) is 0 Å². The standard InChI is InChI=1S/C76H96N18O20S3/c1-11-44-36(2)47-31-52-59(40(6)95)38(4)49(86-52)29-48-37(3)45(63(88-48)61-62(74(108)113-10)66(99)60-39(5)50(89-64(60)61)30-51(44)85-47)18-20-56(96)78-22-12-13-55(94(7,8)9)70(102)80-23-24-81-76(109)114-26-27-115-116-35-54(73(106)107)91-69(101)53(32-58(98)79-25-28-117(110,111)112)87-57(97)21-19-46(72(104)105)90-68(100)41-14-16-42(17-15-41)82-33-43-34-83-67-65(84-43)71(103)93-75(77)92-67/h14-17,29-31,34,36-37,44-46,53-55,62H,11-13,18-28,32-33,35H2,1-10H3,(H15-,77,78,79,80,81,82,83,84,85,86,87,88,89,90,91,92,93,95,96,97,98,99,100,101,102,103,104,105,106,107,109,110,111,112)/p+1/t36-,37+,44-,45+,46-,53-,54-,55-,62?/m0/s1. The van der Waals surface area contributed by atoms with E-state index in [9.17, 15) is 81.0 Å². The van der Waals surface area contributed by atoms with Gasteiger partial charge in [-0.2, -0.15) is 13.4 Å². The van der Waals surface area contributed by atoms with Crippen molar-refractivity contribution in [3.63, 3.8) is 0 Å². The fourth-order valence-electron chi connectivity index (χ4n) is 14.2. The lowest BCUT2D eigenvalue weighted by atomic mass is 9.84. The highest BCUT2D eigenvalue weighted by atomic mass is 33.1. The number of anilines is 2. The third kappa shape index (κ3) is 23.0. The highest BCUT2D eigenvalue weighted by Gasteiger charge is 2.46. The van der Waals surface area contributed by atoms with E-state index in [0.717, 1.165) is 45.0 Å². The molecule has 0 saturated carbocycles. The minimum atomic E-state index is -4.54. The molecule has 3 aliphatic rings.